The predicted molar refractivity (Wildman–Crippen MR) is 35.6 cm³/mol. The third-order valence-electron chi connectivity index (χ3n) is 0.490. The number of rotatable bonds is 0. The summed E-state index contributed by atoms with van der Waals surface area (Å²) in [5.74, 6) is 0. The molecule has 0 aromatic rings. The van der Waals surface area contributed by atoms with E-state index >= 15 is 0 Å². The summed E-state index contributed by atoms with van der Waals surface area (Å²) in [6.07, 6.45) is 3.69. The normalized spacial score (nSPS) is 35.2. The van der Waals surface area contributed by atoms with Crippen molar-refractivity contribution in [1.29, 1.82) is 0 Å². The van der Waals surface area contributed by atoms with Crippen LogP contribution in [0, 0.1) is 0 Å². The van der Waals surface area contributed by atoms with Gasteiger partial charge >= 0.3 is 0 Å². The Balaban J connectivity index is 2.60. The lowest BCUT2D eigenvalue weighted by Gasteiger charge is -1.90. The molecule has 0 aliphatic carbocycles. The summed E-state index contributed by atoms with van der Waals surface area (Å²) in [5.41, 5.74) is 0. The van der Waals surface area contributed by atoms with Gasteiger partial charge in [0.25, 0.3) is 0 Å². The van der Waals surface area contributed by atoms with E-state index in [1.54, 1.807) is 6.21 Å². The lowest BCUT2D eigenvalue weighted by Crippen LogP contribution is -1.42. The fraction of sp³-hybridized carbons (Fsp3) is 0. The van der Waals surface area contributed by atoms with Crippen LogP contribution in [0.25, 0.3) is 0 Å². The van der Waals surface area contributed by atoms with Crippen LogP contribution in [0.2, 0.25) is 0 Å². The Labute approximate surface area is 44.5 Å². The van der Waals surface area contributed by atoms with Crippen LogP contribution < -0.4 is 0 Å². The van der Waals surface area contributed by atoms with Crippen LogP contribution in [-0.4, -0.2) is 6.21 Å². The standard InChI is InChI=1S/C3H5NS2/c5-6-3-1-2-4-6/h1-3,5-6H. The van der Waals surface area contributed by atoms with E-state index in [0.29, 0.717) is 0 Å². The first kappa shape index (κ1) is 4.27. The highest BCUT2D eigenvalue weighted by Crippen LogP contribution is 2.34. The lowest BCUT2D eigenvalue weighted by atomic mass is 10.7. The lowest BCUT2D eigenvalue weighted by molar-refractivity contribution is 2.02. The topological polar surface area (TPSA) is 12.4 Å². The smallest absolute Gasteiger partial charge is 0.0347 e. The van der Waals surface area contributed by atoms with Gasteiger partial charge in [-0.05, 0) is 11.5 Å². The molecule has 1 unspecified atom stereocenters. The average molecular weight is 119 g/mol. The second-order valence-corrected chi connectivity index (χ2v) is 3.33. The maximum atomic E-state index is 4.07. The van der Waals surface area contributed by atoms with Crippen molar-refractivity contribution in [3.8, 4) is 0 Å². The average Bonchev–Trinajstić information content (AvgIpc) is 1.86. The summed E-state index contributed by atoms with van der Waals surface area (Å²) >= 11 is 4.07. The molecule has 0 saturated carbocycles. The second kappa shape index (κ2) is 1.71. The quantitative estimate of drug-likeness (QED) is 0.353. The molecule has 1 nitrogen and oxygen atoms in total. The Hall–Kier alpha value is 0.110. The Morgan fingerprint density at radius 2 is 2.50 bits per heavy atom. The van der Waals surface area contributed by atoms with Crippen LogP contribution in [0.4, 0.5) is 0 Å². The molecule has 0 spiro atoms. The van der Waals surface area contributed by atoms with Crippen LogP contribution in [0.3, 0.4) is 0 Å². The maximum Gasteiger partial charge on any atom is 0.0347 e. The second-order valence-electron chi connectivity index (χ2n) is 0.926. The highest BCUT2D eigenvalue weighted by Gasteiger charge is 1.86. The molecule has 3 heteroatoms. The van der Waals surface area contributed by atoms with Crippen molar-refractivity contribution in [2.75, 3.05) is 0 Å². The molecule has 6 heavy (non-hydrogen) atoms. The van der Waals surface area contributed by atoms with Crippen molar-refractivity contribution >= 4 is 28.0 Å². The van der Waals surface area contributed by atoms with Crippen molar-refractivity contribution < 1.29 is 0 Å². The van der Waals surface area contributed by atoms with Crippen LogP contribution in [0.15, 0.2) is 15.9 Å². The van der Waals surface area contributed by atoms with E-state index in [1.165, 1.54) is 0 Å². The Kier molecular flexibility index (Phi) is 1.22. The minimum atomic E-state index is -0.382. The molecule has 1 atom stereocenters. The van der Waals surface area contributed by atoms with E-state index in [1.807, 2.05) is 11.5 Å². The van der Waals surface area contributed by atoms with Crippen LogP contribution in [0.1, 0.15) is 0 Å². The predicted octanol–water partition coefficient (Wildman–Crippen LogP) is 1.35. The number of hydrogen-bond acceptors (Lipinski definition) is 2. The molecule has 0 fully saturated rings. The van der Waals surface area contributed by atoms with E-state index in [2.05, 4.69) is 16.1 Å². The summed E-state index contributed by atoms with van der Waals surface area (Å²) in [5, 5.41) is 1.98. The molecule has 0 amide bonds. The number of hydrogen-bond donors (Lipinski definition) is 2. The van der Waals surface area contributed by atoms with E-state index in [-0.39, 0.29) is 10.1 Å². The molecule has 0 aromatic heterocycles. The van der Waals surface area contributed by atoms with Gasteiger partial charge in [-0.3, -0.25) is 0 Å². The number of nitrogens with zero attached hydrogens (tertiary/aromatic N) is 1. The van der Waals surface area contributed by atoms with Gasteiger partial charge in [-0.25, -0.2) is 4.40 Å². The van der Waals surface area contributed by atoms with Crippen molar-refractivity contribution in [3.63, 3.8) is 0 Å². The minimum absolute atomic E-state index is 0.382. The van der Waals surface area contributed by atoms with Crippen LogP contribution >= 0.6 is 21.8 Å². The van der Waals surface area contributed by atoms with Crippen LogP contribution in [-0.2, 0) is 0 Å². The monoisotopic (exact) mass is 119 g/mol. The van der Waals surface area contributed by atoms with Crippen LogP contribution in [0.5, 0.6) is 0 Å². The van der Waals surface area contributed by atoms with Crippen molar-refractivity contribution in [3.05, 3.63) is 11.5 Å². The van der Waals surface area contributed by atoms with Gasteiger partial charge in [-0.2, -0.15) is 0 Å². The minimum Gasteiger partial charge on any atom is -0.235 e. The van der Waals surface area contributed by atoms with Gasteiger partial charge in [0.15, 0.2) is 0 Å². The number of allylic oxidation sites excluding steroid dienone is 1. The molecular weight excluding hydrogens is 114 g/mol. The van der Waals surface area contributed by atoms with E-state index in [0.717, 1.165) is 0 Å². The largest absolute Gasteiger partial charge is 0.235 e. The fourth-order valence-electron chi connectivity index (χ4n) is 0.261. The summed E-state index contributed by atoms with van der Waals surface area (Å²) in [6, 6.07) is 0. The van der Waals surface area contributed by atoms with E-state index in [4.69, 9.17) is 0 Å². The van der Waals surface area contributed by atoms with Crippen molar-refractivity contribution in [2.24, 2.45) is 4.40 Å². The Bertz CT molecular complexity index is 85.0. The Morgan fingerprint density at radius 1 is 1.67 bits per heavy atom. The van der Waals surface area contributed by atoms with E-state index < -0.39 is 0 Å². The molecule has 0 saturated heterocycles. The summed E-state index contributed by atoms with van der Waals surface area (Å²) < 4.78 is 3.93. The molecule has 0 aromatic carbocycles. The first-order chi connectivity index (χ1) is 2.89. The SMILES string of the molecule is S[SH]1C=CC=N1. The van der Waals surface area contributed by atoms with E-state index in [9.17, 15) is 0 Å². The summed E-state index contributed by atoms with van der Waals surface area (Å²) in [4.78, 5) is 0. The van der Waals surface area contributed by atoms with Gasteiger partial charge in [0.1, 0.15) is 0 Å². The van der Waals surface area contributed by atoms with Gasteiger partial charge < -0.3 is 0 Å². The third kappa shape index (κ3) is 0.786. The first-order valence-electron chi connectivity index (χ1n) is 1.58. The highest BCUT2D eigenvalue weighted by molar-refractivity contribution is 8.79. The van der Waals surface area contributed by atoms with Gasteiger partial charge in [0, 0.05) is 6.21 Å². The molecular formula is C3H5NS2. The highest BCUT2D eigenvalue weighted by atomic mass is 33.1. The summed E-state index contributed by atoms with van der Waals surface area (Å²) in [7, 11) is -0.382. The molecule has 1 heterocycles. The molecule has 1 aliphatic rings. The molecule has 1 rings (SSSR count). The molecule has 0 bridgehead atoms. The van der Waals surface area contributed by atoms with Crippen molar-refractivity contribution in [2.45, 2.75) is 0 Å². The fourth-order valence-corrected chi connectivity index (χ4v) is 1.19. The Morgan fingerprint density at radius 3 is 2.67 bits per heavy atom. The molecule has 1 aliphatic heterocycles. The summed E-state index contributed by atoms with van der Waals surface area (Å²) in [6.45, 7) is 0. The van der Waals surface area contributed by atoms with Gasteiger partial charge in [0.2, 0.25) is 0 Å². The molecule has 0 N–H and O–H groups in total. The van der Waals surface area contributed by atoms with Gasteiger partial charge in [-0.1, -0.05) is 10.1 Å². The number of thiol groups is 2. The maximum absolute atomic E-state index is 4.07. The first-order valence-corrected chi connectivity index (χ1v) is 4.10. The van der Waals surface area contributed by atoms with Gasteiger partial charge in [0.05, 0.1) is 0 Å². The van der Waals surface area contributed by atoms with Gasteiger partial charge in [-0.15, -0.1) is 11.7 Å². The zero-order valence-corrected chi connectivity index (χ0v) is 4.86. The third-order valence-corrected chi connectivity index (χ3v) is 2.01. The molecule has 34 valence electrons. The van der Waals surface area contributed by atoms with Crippen molar-refractivity contribution in [1.82, 2.24) is 0 Å². The zero-order chi connectivity index (χ0) is 4.41. The molecule has 0 radical (unpaired) electrons. The zero-order valence-electron chi connectivity index (χ0n) is 3.07.